The van der Waals surface area contributed by atoms with Crippen molar-refractivity contribution in [3.8, 4) is 11.5 Å². The lowest BCUT2D eigenvalue weighted by atomic mass is 10.1. The predicted octanol–water partition coefficient (Wildman–Crippen LogP) is 4.52. The van der Waals surface area contributed by atoms with Gasteiger partial charge in [-0.05, 0) is 36.8 Å². The number of nitrogens with zero attached hydrogens (tertiary/aromatic N) is 1. The van der Waals surface area contributed by atoms with E-state index in [9.17, 15) is 4.79 Å². The predicted molar refractivity (Wildman–Crippen MR) is 110 cm³/mol. The van der Waals surface area contributed by atoms with Crippen molar-refractivity contribution >= 4 is 17.3 Å². The fraction of sp³-hybridized carbons (Fsp3) is 0.182. The van der Waals surface area contributed by atoms with Crippen molar-refractivity contribution < 1.29 is 14.3 Å². The van der Waals surface area contributed by atoms with Crippen LogP contribution in [0.1, 0.15) is 29.0 Å². The second kappa shape index (κ2) is 8.90. The molecule has 1 heterocycles. The van der Waals surface area contributed by atoms with E-state index < -0.39 is 0 Å². The van der Waals surface area contributed by atoms with Gasteiger partial charge in [-0.15, -0.1) is 0 Å². The molecule has 6 heteroatoms. The molecular formula is C22H23N3O3. The molecule has 0 aliphatic carbocycles. The Bertz CT molecular complexity index is 945. The van der Waals surface area contributed by atoms with Crippen LogP contribution < -0.4 is 20.1 Å². The number of amides is 1. The van der Waals surface area contributed by atoms with Gasteiger partial charge in [-0.2, -0.15) is 0 Å². The zero-order valence-electron chi connectivity index (χ0n) is 16.1. The van der Waals surface area contributed by atoms with Crippen molar-refractivity contribution in [3.63, 3.8) is 0 Å². The third-order valence-corrected chi connectivity index (χ3v) is 4.33. The Balaban J connectivity index is 1.76. The van der Waals surface area contributed by atoms with E-state index in [1.54, 1.807) is 44.7 Å². The molecule has 0 aliphatic rings. The normalized spacial score (nSPS) is 11.4. The highest BCUT2D eigenvalue weighted by Gasteiger charge is 2.13. The number of aromatic nitrogens is 1. The van der Waals surface area contributed by atoms with Crippen LogP contribution in [-0.4, -0.2) is 25.1 Å². The van der Waals surface area contributed by atoms with Gasteiger partial charge in [0.15, 0.2) is 0 Å². The number of ether oxygens (including phenoxy) is 2. The van der Waals surface area contributed by atoms with Crippen molar-refractivity contribution in [3.05, 3.63) is 78.1 Å². The van der Waals surface area contributed by atoms with E-state index in [4.69, 9.17) is 9.47 Å². The summed E-state index contributed by atoms with van der Waals surface area (Å²) in [5, 5.41) is 6.22. The van der Waals surface area contributed by atoms with Gasteiger partial charge in [0.1, 0.15) is 17.2 Å². The van der Waals surface area contributed by atoms with Gasteiger partial charge < -0.3 is 20.1 Å². The number of benzene rings is 2. The fourth-order valence-corrected chi connectivity index (χ4v) is 2.82. The third-order valence-electron chi connectivity index (χ3n) is 4.33. The first-order valence-electron chi connectivity index (χ1n) is 8.91. The van der Waals surface area contributed by atoms with E-state index >= 15 is 0 Å². The Morgan fingerprint density at radius 3 is 2.50 bits per heavy atom. The number of pyridine rings is 1. The summed E-state index contributed by atoms with van der Waals surface area (Å²) in [6, 6.07) is 19.0. The van der Waals surface area contributed by atoms with Gasteiger partial charge in [0.05, 0.1) is 19.9 Å². The molecule has 2 aromatic carbocycles. The van der Waals surface area contributed by atoms with Gasteiger partial charge in [0, 0.05) is 24.0 Å². The highest BCUT2D eigenvalue weighted by Crippen LogP contribution is 2.29. The summed E-state index contributed by atoms with van der Waals surface area (Å²) in [6.07, 6.45) is 1.61. The quantitative estimate of drug-likeness (QED) is 0.633. The van der Waals surface area contributed by atoms with Gasteiger partial charge in [-0.3, -0.25) is 9.78 Å². The van der Waals surface area contributed by atoms with E-state index in [2.05, 4.69) is 34.7 Å². The van der Waals surface area contributed by atoms with Gasteiger partial charge in [-0.25, -0.2) is 0 Å². The zero-order valence-corrected chi connectivity index (χ0v) is 16.1. The highest BCUT2D eigenvalue weighted by molar-refractivity contribution is 6.04. The minimum atomic E-state index is -0.331. The molecule has 6 nitrogen and oxygen atoms in total. The van der Waals surface area contributed by atoms with Crippen LogP contribution >= 0.6 is 0 Å². The second-order valence-corrected chi connectivity index (χ2v) is 6.23. The van der Waals surface area contributed by atoms with Crippen molar-refractivity contribution in [2.75, 3.05) is 24.9 Å². The molecule has 3 rings (SSSR count). The van der Waals surface area contributed by atoms with E-state index in [0.29, 0.717) is 22.9 Å². The molecule has 1 atom stereocenters. The summed E-state index contributed by atoms with van der Waals surface area (Å²) in [6.45, 7) is 2.07. The highest BCUT2D eigenvalue weighted by atomic mass is 16.5. The number of nitrogens with one attached hydrogen (secondary N) is 2. The molecule has 144 valence electrons. The number of anilines is 2. The van der Waals surface area contributed by atoms with Crippen molar-refractivity contribution in [1.82, 2.24) is 4.98 Å². The monoisotopic (exact) mass is 377 g/mol. The smallest absolute Gasteiger partial charge is 0.274 e. The Labute approximate surface area is 164 Å². The fourth-order valence-electron chi connectivity index (χ4n) is 2.82. The van der Waals surface area contributed by atoms with Crippen LogP contribution in [0.2, 0.25) is 0 Å². The van der Waals surface area contributed by atoms with Gasteiger partial charge >= 0.3 is 0 Å². The molecule has 0 radical (unpaired) electrons. The van der Waals surface area contributed by atoms with E-state index in [1.807, 2.05) is 24.3 Å². The largest absolute Gasteiger partial charge is 0.497 e. The minimum absolute atomic E-state index is 0.0954. The first kappa shape index (κ1) is 19.2. The molecule has 0 spiro atoms. The van der Waals surface area contributed by atoms with Crippen LogP contribution in [0.5, 0.6) is 11.5 Å². The minimum Gasteiger partial charge on any atom is -0.497 e. The molecule has 28 heavy (non-hydrogen) atoms. The van der Waals surface area contributed by atoms with E-state index in [0.717, 1.165) is 11.3 Å². The lowest BCUT2D eigenvalue weighted by Gasteiger charge is -2.16. The topological polar surface area (TPSA) is 72.5 Å². The lowest BCUT2D eigenvalue weighted by molar-refractivity contribution is 0.102. The second-order valence-electron chi connectivity index (χ2n) is 6.23. The first-order chi connectivity index (χ1) is 13.6. The standard InChI is InChI=1S/C22H23N3O3/c1-15(16-7-5-4-6-8-16)24-17-11-12-23-20(13-17)22(26)25-19-14-18(27-2)9-10-21(19)28-3/h4-15H,1-3H3,(H,23,24)(H,25,26). The summed E-state index contributed by atoms with van der Waals surface area (Å²) in [4.78, 5) is 16.9. The van der Waals surface area contributed by atoms with Crippen molar-refractivity contribution in [1.29, 1.82) is 0 Å². The number of rotatable bonds is 7. The van der Waals surface area contributed by atoms with Crippen LogP contribution in [0.4, 0.5) is 11.4 Å². The van der Waals surface area contributed by atoms with E-state index in [1.165, 1.54) is 0 Å². The number of hydrogen-bond acceptors (Lipinski definition) is 5. The molecule has 0 fully saturated rings. The Hall–Kier alpha value is -3.54. The Kier molecular flexibility index (Phi) is 6.11. The molecule has 3 aromatic rings. The first-order valence-corrected chi connectivity index (χ1v) is 8.91. The van der Waals surface area contributed by atoms with Crippen LogP contribution in [-0.2, 0) is 0 Å². The summed E-state index contributed by atoms with van der Waals surface area (Å²) in [5.41, 5.74) is 2.79. The molecule has 0 saturated heterocycles. The van der Waals surface area contributed by atoms with Gasteiger partial charge in [-0.1, -0.05) is 30.3 Å². The SMILES string of the molecule is COc1ccc(OC)c(NC(=O)c2cc(NC(C)c3ccccc3)ccn2)c1. The maximum absolute atomic E-state index is 12.7. The molecule has 1 aromatic heterocycles. The zero-order chi connectivity index (χ0) is 19.9. The number of methoxy groups -OCH3 is 2. The molecular weight excluding hydrogens is 354 g/mol. The number of carbonyl (C=O) groups excluding carboxylic acids is 1. The molecule has 1 amide bonds. The molecule has 1 unspecified atom stereocenters. The molecule has 0 bridgehead atoms. The maximum Gasteiger partial charge on any atom is 0.274 e. The maximum atomic E-state index is 12.7. The van der Waals surface area contributed by atoms with Crippen molar-refractivity contribution in [2.45, 2.75) is 13.0 Å². The Morgan fingerprint density at radius 2 is 1.79 bits per heavy atom. The molecule has 0 aliphatic heterocycles. The van der Waals surface area contributed by atoms with Crippen LogP contribution in [0.3, 0.4) is 0 Å². The van der Waals surface area contributed by atoms with Crippen LogP contribution in [0.25, 0.3) is 0 Å². The average molecular weight is 377 g/mol. The summed E-state index contributed by atoms with van der Waals surface area (Å²) in [5.74, 6) is 0.833. The van der Waals surface area contributed by atoms with Crippen LogP contribution in [0, 0.1) is 0 Å². The van der Waals surface area contributed by atoms with Gasteiger partial charge in [0.2, 0.25) is 0 Å². The molecule has 0 saturated carbocycles. The van der Waals surface area contributed by atoms with Gasteiger partial charge in [0.25, 0.3) is 5.91 Å². The Morgan fingerprint density at radius 1 is 1.00 bits per heavy atom. The molecule has 2 N–H and O–H groups in total. The van der Waals surface area contributed by atoms with Crippen LogP contribution in [0.15, 0.2) is 66.9 Å². The average Bonchev–Trinajstić information content (AvgIpc) is 2.74. The number of carbonyl (C=O) groups is 1. The van der Waals surface area contributed by atoms with E-state index in [-0.39, 0.29) is 11.9 Å². The lowest BCUT2D eigenvalue weighted by Crippen LogP contribution is -2.15. The third kappa shape index (κ3) is 4.59. The van der Waals surface area contributed by atoms with Crippen molar-refractivity contribution in [2.24, 2.45) is 0 Å². The summed E-state index contributed by atoms with van der Waals surface area (Å²) >= 11 is 0. The summed E-state index contributed by atoms with van der Waals surface area (Å²) < 4.78 is 10.5. The number of hydrogen-bond donors (Lipinski definition) is 2. The summed E-state index contributed by atoms with van der Waals surface area (Å²) in [7, 11) is 3.11.